The first-order valence-corrected chi connectivity index (χ1v) is 15.4. The molecule has 1 heterocycles. The monoisotopic (exact) mass is 607 g/mol. The second-order valence-corrected chi connectivity index (χ2v) is 13.8. The predicted octanol–water partition coefficient (Wildman–Crippen LogP) is 4.29. The number of hydrogen-bond acceptors (Lipinski definition) is 7. The van der Waals surface area contributed by atoms with Gasteiger partial charge in [0.15, 0.2) is 17.7 Å². The lowest BCUT2D eigenvalue weighted by atomic mass is 9.44. The summed E-state index contributed by atoms with van der Waals surface area (Å²) >= 11 is 0. The number of hydrogen-bond donors (Lipinski definition) is 4. The maximum atomic E-state index is 17.6. The Morgan fingerprint density at radius 2 is 1.70 bits per heavy atom. The van der Waals surface area contributed by atoms with Crippen molar-refractivity contribution in [2.24, 2.45) is 22.7 Å². The van der Waals surface area contributed by atoms with Crippen LogP contribution in [0.3, 0.4) is 0 Å². The Hall–Kier alpha value is -2.95. The number of halogens is 2. The van der Waals surface area contributed by atoms with E-state index in [4.69, 9.17) is 15.2 Å². The van der Waals surface area contributed by atoms with Gasteiger partial charge >= 0.3 is 0 Å². The third kappa shape index (κ3) is 3.86. The van der Waals surface area contributed by atoms with E-state index in [1.807, 2.05) is 55.5 Å². The van der Waals surface area contributed by atoms with Gasteiger partial charge in [-0.3, -0.25) is 4.79 Å². The highest BCUT2D eigenvalue weighted by Gasteiger charge is 2.79. The number of benzene rings is 2. The van der Waals surface area contributed by atoms with E-state index in [-0.39, 0.29) is 24.8 Å². The van der Waals surface area contributed by atoms with Crippen LogP contribution in [0.5, 0.6) is 0 Å². The molecule has 2 aromatic rings. The maximum Gasteiger partial charge on any atom is 0.185 e. The lowest BCUT2D eigenvalue weighted by Crippen LogP contribution is -2.71. The Morgan fingerprint density at radius 1 is 1.05 bits per heavy atom. The smallest absolute Gasteiger partial charge is 0.185 e. The van der Waals surface area contributed by atoms with Gasteiger partial charge in [0.25, 0.3) is 0 Å². The largest absolute Gasteiger partial charge is 0.399 e. The van der Waals surface area contributed by atoms with Crippen LogP contribution in [0.25, 0.3) is 0 Å². The highest BCUT2D eigenvalue weighted by molar-refractivity contribution is 6.01. The van der Waals surface area contributed by atoms with Gasteiger partial charge in [-0.05, 0) is 79.5 Å². The molecular formula is C35H39F2NO6. The number of carbonyl (C=O) groups is 1. The summed E-state index contributed by atoms with van der Waals surface area (Å²) in [6.07, 6.45) is -1.64. The number of nitrogen functional groups attached to an aromatic ring is 1. The number of aliphatic hydroxyl groups excluding tert-OH is 3. The second kappa shape index (κ2) is 10.0. The van der Waals surface area contributed by atoms with Crippen molar-refractivity contribution < 1.29 is 38.4 Å². The Morgan fingerprint density at radius 3 is 2.36 bits per heavy atom. The molecule has 7 nitrogen and oxygen atoms in total. The van der Waals surface area contributed by atoms with Gasteiger partial charge < -0.3 is 30.5 Å². The van der Waals surface area contributed by atoms with Crippen LogP contribution in [0.4, 0.5) is 14.5 Å². The summed E-state index contributed by atoms with van der Waals surface area (Å²) in [7, 11) is 0. The van der Waals surface area contributed by atoms with E-state index in [2.05, 4.69) is 0 Å². The molecule has 1 saturated heterocycles. The molecule has 0 aromatic heterocycles. The van der Waals surface area contributed by atoms with Crippen LogP contribution < -0.4 is 5.73 Å². The zero-order valence-corrected chi connectivity index (χ0v) is 24.8. The number of ketones is 1. The number of fused-ring (bicyclic) bond motifs is 7. The van der Waals surface area contributed by atoms with Crippen molar-refractivity contribution in [1.82, 2.24) is 0 Å². The average Bonchev–Trinajstić information content (AvgIpc) is 3.50. The van der Waals surface area contributed by atoms with E-state index in [0.29, 0.717) is 12.1 Å². The molecule has 4 aliphatic carbocycles. The molecule has 5 aliphatic rings. The Bertz CT molecular complexity index is 1530. The van der Waals surface area contributed by atoms with Crippen LogP contribution in [0, 0.1) is 22.7 Å². The Labute approximate surface area is 255 Å². The molecule has 0 bridgehead atoms. The van der Waals surface area contributed by atoms with E-state index < -0.39 is 77.1 Å². The van der Waals surface area contributed by atoms with Gasteiger partial charge in [0, 0.05) is 28.0 Å². The molecule has 0 spiro atoms. The molecule has 0 radical (unpaired) electrons. The van der Waals surface area contributed by atoms with Crippen LogP contribution in [-0.4, -0.2) is 63.5 Å². The van der Waals surface area contributed by atoms with Crippen LogP contribution in [0.15, 0.2) is 72.3 Å². The fourth-order valence-corrected chi connectivity index (χ4v) is 9.55. The third-order valence-corrected chi connectivity index (χ3v) is 11.8. The van der Waals surface area contributed by atoms with Gasteiger partial charge in [-0.15, -0.1) is 0 Å². The zero-order valence-electron chi connectivity index (χ0n) is 24.8. The number of allylic oxidation sites excluding steroid dienone is 4. The molecule has 2 aromatic carbocycles. The van der Waals surface area contributed by atoms with Gasteiger partial charge in [0.05, 0.1) is 18.8 Å². The molecule has 44 heavy (non-hydrogen) atoms. The minimum absolute atomic E-state index is 0.0575. The van der Waals surface area contributed by atoms with Crippen LogP contribution >= 0.6 is 0 Å². The van der Waals surface area contributed by atoms with Crippen LogP contribution in [0.2, 0.25) is 0 Å². The number of aliphatic hydroxyl groups is 3. The van der Waals surface area contributed by atoms with Gasteiger partial charge in [0.2, 0.25) is 0 Å². The summed E-state index contributed by atoms with van der Waals surface area (Å²) in [6.45, 7) is 2.76. The average molecular weight is 608 g/mol. The number of rotatable bonds is 5. The van der Waals surface area contributed by atoms with Gasteiger partial charge in [-0.2, -0.15) is 0 Å². The number of ether oxygens (including phenoxy) is 2. The number of alkyl halides is 2. The molecule has 234 valence electrons. The number of anilines is 1. The molecule has 9 heteroatoms. The normalized spacial score (nSPS) is 43.1. The fourth-order valence-electron chi connectivity index (χ4n) is 9.55. The van der Waals surface area contributed by atoms with Gasteiger partial charge in [-0.25, -0.2) is 8.78 Å². The molecule has 5 N–H and O–H groups in total. The first-order valence-electron chi connectivity index (χ1n) is 15.4. The van der Waals surface area contributed by atoms with E-state index in [1.54, 1.807) is 6.92 Å². The minimum atomic E-state index is -2.26. The Balaban J connectivity index is 1.20. The van der Waals surface area contributed by atoms with Gasteiger partial charge in [-0.1, -0.05) is 49.4 Å². The molecule has 11 atom stereocenters. The van der Waals surface area contributed by atoms with Crippen molar-refractivity contribution in [3.8, 4) is 0 Å². The number of carbonyl (C=O) groups excluding carboxylic acids is 1. The fraction of sp³-hybridized carbons (Fsp3) is 0.514. The van der Waals surface area contributed by atoms with Crippen molar-refractivity contribution in [1.29, 1.82) is 0 Å². The van der Waals surface area contributed by atoms with Crippen molar-refractivity contribution in [3.05, 3.63) is 89.0 Å². The minimum Gasteiger partial charge on any atom is -0.399 e. The van der Waals surface area contributed by atoms with E-state index in [9.17, 15) is 20.1 Å². The van der Waals surface area contributed by atoms with E-state index in [0.717, 1.165) is 16.7 Å². The predicted molar refractivity (Wildman–Crippen MR) is 159 cm³/mol. The van der Waals surface area contributed by atoms with E-state index in [1.165, 1.54) is 18.2 Å². The molecule has 0 amide bonds. The van der Waals surface area contributed by atoms with Crippen molar-refractivity contribution >= 4 is 11.5 Å². The Kier molecular flexibility index (Phi) is 6.78. The summed E-state index contributed by atoms with van der Waals surface area (Å²) in [5.41, 5.74) is 3.17. The molecule has 1 aliphatic heterocycles. The van der Waals surface area contributed by atoms with Crippen molar-refractivity contribution in [3.63, 3.8) is 0 Å². The highest BCUT2D eigenvalue weighted by Crippen LogP contribution is 2.73. The summed E-state index contributed by atoms with van der Waals surface area (Å²) in [5, 5.41) is 33.4. The standard InChI is InChI=1S/C35H39F2NO6/c1-32-12-11-23(40)14-26(32)27(36)15-25-24-16-30-35(29(42)18-39,33(24,2)17-28(41)34(25,32)37)44-31(43-30)21-7-3-19(4-8-21)13-20-5-9-22(38)10-6-20/h3-12,14,24-25,27-31,39,41-42H,13,15-18,38H2,1-2H3/t24-,25-,27-,28-,29?,30+,31+,32-,33-,34-,35+/m0/s1. The summed E-state index contributed by atoms with van der Waals surface area (Å²) in [5.74, 6) is -1.88. The maximum absolute atomic E-state index is 17.6. The molecule has 3 saturated carbocycles. The zero-order chi connectivity index (χ0) is 31.2. The lowest BCUT2D eigenvalue weighted by molar-refractivity contribution is -0.257. The van der Waals surface area contributed by atoms with Crippen molar-refractivity contribution in [2.45, 2.75) is 81.6 Å². The SMILES string of the molecule is C[C@]12C=CC(=O)C=C1[C@@H](F)C[C@H]1[C@@H]3C[C@H]4O[C@@H](c5ccc(Cc6ccc(N)cc6)cc5)O[C@@]4(C(O)CO)[C@@]3(C)C[C@H](O)[C@@]12F. The molecular weight excluding hydrogens is 568 g/mol. The van der Waals surface area contributed by atoms with Crippen molar-refractivity contribution in [2.75, 3.05) is 12.3 Å². The molecule has 1 unspecified atom stereocenters. The van der Waals surface area contributed by atoms with Crippen LogP contribution in [-0.2, 0) is 20.7 Å². The lowest BCUT2D eigenvalue weighted by Gasteiger charge is -2.63. The quantitative estimate of drug-likeness (QED) is 0.374. The second-order valence-electron chi connectivity index (χ2n) is 13.8. The number of nitrogens with two attached hydrogens (primary N) is 1. The highest BCUT2D eigenvalue weighted by atomic mass is 19.1. The summed E-state index contributed by atoms with van der Waals surface area (Å²) < 4.78 is 46.5. The van der Waals surface area contributed by atoms with Crippen LogP contribution in [0.1, 0.15) is 56.1 Å². The summed E-state index contributed by atoms with van der Waals surface area (Å²) in [4.78, 5) is 12.1. The first kappa shape index (κ1) is 29.7. The third-order valence-electron chi connectivity index (χ3n) is 11.8. The summed E-state index contributed by atoms with van der Waals surface area (Å²) in [6, 6.07) is 15.4. The topological polar surface area (TPSA) is 122 Å². The van der Waals surface area contributed by atoms with E-state index >= 15 is 8.78 Å². The molecule has 7 rings (SSSR count). The first-order chi connectivity index (χ1) is 20.9. The molecule has 4 fully saturated rings. The van der Waals surface area contributed by atoms with Gasteiger partial charge in [0.1, 0.15) is 17.9 Å².